The number of pyridine rings is 1. The van der Waals surface area contributed by atoms with E-state index in [2.05, 4.69) is 25.5 Å². The SMILES string of the molecule is Cc1cc(C(=O)Nc2ccccc2NC(=O)NC(C)C)c2nc3n(c2n1)CCCCC3. The van der Waals surface area contributed by atoms with Crippen LogP contribution in [0.5, 0.6) is 0 Å². The summed E-state index contributed by atoms with van der Waals surface area (Å²) in [5.74, 6) is 0.717. The van der Waals surface area contributed by atoms with Gasteiger partial charge in [0, 0.05) is 24.7 Å². The Morgan fingerprint density at radius 3 is 2.52 bits per heavy atom. The van der Waals surface area contributed by atoms with Crippen LogP contribution in [-0.4, -0.2) is 32.5 Å². The molecule has 3 heterocycles. The van der Waals surface area contributed by atoms with Crippen molar-refractivity contribution in [2.45, 2.75) is 59.0 Å². The third-order valence-electron chi connectivity index (χ3n) is 5.28. The average Bonchev–Trinajstić information content (AvgIpc) is 2.89. The summed E-state index contributed by atoms with van der Waals surface area (Å²) in [6, 6.07) is 8.59. The van der Waals surface area contributed by atoms with Crippen LogP contribution in [0.3, 0.4) is 0 Å². The number of nitrogens with zero attached hydrogens (tertiary/aromatic N) is 3. The second kappa shape index (κ2) is 8.75. The first-order valence-electron chi connectivity index (χ1n) is 10.8. The number of hydrogen-bond donors (Lipinski definition) is 3. The van der Waals surface area contributed by atoms with Crippen LogP contribution >= 0.6 is 0 Å². The van der Waals surface area contributed by atoms with Gasteiger partial charge in [-0.1, -0.05) is 18.6 Å². The predicted octanol–water partition coefficient (Wildman–Crippen LogP) is 4.25. The van der Waals surface area contributed by atoms with E-state index < -0.39 is 0 Å². The summed E-state index contributed by atoms with van der Waals surface area (Å²) in [5.41, 5.74) is 3.70. The summed E-state index contributed by atoms with van der Waals surface area (Å²) in [5, 5.41) is 8.52. The van der Waals surface area contributed by atoms with Gasteiger partial charge in [0.25, 0.3) is 5.91 Å². The van der Waals surface area contributed by atoms with E-state index >= 15 is 0 Å². The number of fused-ring (bicyclic) bond motifs is 3. The molecule has 0 spiro atoms. The van der Waals surface area contributed by atoms with Gasteiger partial charge in [-0.15, -0.1) is 0 Å². The molecule has 3 N–H and O–H groups in total. The van der Waals surface area contributed by atoms with E-state index in [1.165, 1.54) is 6.42 Å². The average molecular weight is 421 g/mol. The van der Waals surface area contributed by atoms with Crippen molar-refractivity contribution in [3.8, 4) is 0 Å². The van der Waals surface area contributed by atoms with Crippen LogP contribution in [0.25, 0.3) is 11.2 Å². The van der Waals surface area contributed by atoms with Crippen LogP contribution in [0.1, 0.15) is 55.0 Å². The largest absolute Gasteiger partial charge is 0.336 e. The van der Waals surface area contributed by atoms with Gasteiger partial charge in [0.2, 0.25) is 0 Å². The fraction of sp³-hybridized carbons (Fsp3) is 0.391. The molecule has 8 nitrogen and oxygen atoms in total. The highest BCUT2D eigenvalue weighted by Gasteiger charge is 2.21. The first kappa shape index (κ1) is 20.8. The van der Waals surface area contributed by atoms with Crippen molar-refractivity contribution < 1.29 is 9.59 Å². The van der Waals surface area contributed by atoms with Crippen molar-refractivity contribution in [2.75, 3.05) is 10.6 Å². The number of para-hydroxylation sites is 2. The zero-order valence-corrected chi connectivity index (χ0v) is 18.2. The lowest BCUT2D eigenvalue weighted by molar-refractivity contribution is 0.102. The number of amides is 3. The molecule has 1 aromatic carbocycles. The number of hydrogen-bond acceptors (Lipinski definition) is 4. The van der Waals surface area contributed by atoms with Crippen LogP contribution < -0.4 is 16.0 Å². The minimum absolute atomic E-state index is 0.00554. The number of rotatable bonds is 4. The molecule has 1 aliphatic heterocycles. The Morgan fingerprint density at radius 1 is 1.03 bits per heavy atom. The molecule has 0 saturated heterocycles. The van der Waals surface area contributed by atoms with Crippen molar-refractivity contribution in [3.05, 3.63) is 47.4 Å². The molecule has 0 unspecified atom stereocenters. The van der Waals surface area contributed by atoms with E-state index in [9.17, 15) is 9.59 Å². The lowest BCUT2D eigenvalue weighted by Gasteiger charge is -2.14. The van der Waals surface area contributed by atoms with Gasteiger partial charge in [-0.2, -0.15) is 0 Å². The van der Waals surface area contributed by atoms with E-state index in [1.807, 2.05) is 32.9 Å². The van der Waals surface area contributed by atoms with Gasteiger partial charge in [-0.25, -0.2) is 14.8 Å². The van der Waals surface area contributed by atoms with E-state index in [1.54, 1.807) is 18.2 Å². The Balaban J connectivity index is 1.65. The first-order valence-corrected chi connectivity index (χ1v) is 10.8. The molecule has 1 aliphatic rings. The Kier molecular flexibility index (Phi) is 5.88. The minimum Gasteiger partial charge on any atom is -0.336 e. The standard InChI is InChI=1S/C23H28N6O2/c1-14(2)24-23(31)27-18-10-7-6-9-17(18)26-22(30)16-13-15(3)25-21-20(16)28-19-11-5-4-8-12-29(19)21/h6-7,9-10,13-14H,4-5,8,11-12H2,1-3H3,(H,26,30)(H2,24,27,31). The highest BCUT2D eigenvalue weighted by Crippen LogP contribution is 2.26. The van der Waals surface area contributed by atoms with Crippen LogP contribution in [0.4, 0.5) is 16.2 Å². The lowest BCUT2D eigenvalue weighted by Crippen LogP contribution is -2.34. The molecule has 8 heteroatoms. The minimum atomic E-state index is -0.323. The fourth-order valence-electron chi connectivity index (χ4n) is 3.90. The molecule has 0 aliphatic carbocycles. The molecule has 3 amide bonds. The summed E-state index contributed by atoms with van der Waals surface area (Å²) in [6.45, 7) is 6.53. The second-order valence-electron chi connectivity index (χ2n) is 8.23. The van der Waals surface area contributed by atoms with E-state index in [-0.39, 0.29) is 18.0 Å². The van der Waals surface area contributed by atoms with Crippen molar-refractivity contribution in [3.63, 3.8) is 0 Å². The zero-order valence-electron chi connectivity index (χ0n) is 18.2. The Bertz CT molecular complexity index is 1130. The number of imidazole rings is 1. The van der Waals surface area contributed by atoms with Gasteiger partial charge in [0.05, 0.1) is 16.9 Å². The smallest absolute Gasteiger partial charge is 0.319 e. The number of carbonyl (C=O) groups excluding carboxylic acids is 2. The van der Waals surface area contributed by atoms with Gasteiger partial charge < -0.3 is 20.5 Å². The molecule has 4 rings (SSSR count). The maximum atomic E-state index is 13.3. The third-order valence-corrected chi connectivity index (χ3v) is 5.28. The molecule has 0 bridgehead atoms. The summed E-state index contributed by atoms with van der Waals surface area (Å²) >= 11 is 0. The summed E-state index contributed by atoms with van der Waals surface area (Å²) < 4.78 is 2.15. The summed E-state index contributed by atoms with van der Waals surface area (Å²) in [4.78, 5) is 34.9. The molecule has 0 atom stereocenters. The maximum absolute atomic E-state index is 13.3. The summed E-state index contributed by atoms with van der Waals surface area (Å²) in [6.07, 6.45) is 4.26. The van der Waals surface area contributed by atoms with Crippen molar-refractivity contribution in [1.29, 1.82) is 0 Å². The number of aromatic nitrogens is 3. The van der Waals surface area contributed by atoms with Gasteiger partial charge in [0.15, 0.2) is 5.65 Å². The lowest BCUT2D eigenvalue weighted by atomic mass is 10.1. The third kappa shape index (κ3) is 4.52. The number of aryl methyl sites for hydroxylation is 3. The Hall–Kier alpha value is -3.42. The predicted molar refractivity (Wildman–Crippen MR) is 122 cm³/mol. The van der Waals surface area contributed by atoms with E-state index in [0.29, 0.717) is 22.5 Å². The molecule has 0 radical (unpaired) electrons. The van der Waals surface area contributed by atoms with Crippen molar-refractivity contribution >= 4 is 34.5 Å². The summed E-state index contributed by atoms with van der Waals surface area (Å²) in [7, 11) is 0. The highest BCUT2D eigenvalue weighted by molar-refractivity contribution is 6.12. The quantitative estimate of drug-likeness (QED) is 0.587. The molecular weight excluding hydrogens is 392 g/mol. The molecule has 0 saturated carbocycles. The van der Waals surface area contributed by atoms with Crippen LogP contribution in [-0.2, 0) is 13.0 Å². The van der Waals surface area contributed by atoms with Crippen LogP contribution in [0.2, 0.25) is 0 Å². The number of carbonyl (C=O) groups is 2. The molecular formula is C23H28N6O2. The fourth-order valence-corrected chi connectivity index (χ4v) is 3.90. The molecule has 162 valence electrons. The molecule has 31 heavy (non-hydrogen) atoms. The monoisotopic (exact) mass is 420 g/mol. The van der Waals surface area contributed by atoms with Gasteiger partial charge in [0.1, 0.15) is 11.3 Å². The van der Waals surface area contributed by atoms with Crippen molar-refractivity contribution in [2.24, 2.45) is 0 Å². The molecule has 3 aromatic rings. The van der Waals surface area contributed by atoms with Gasteiger partial charge in [-0.3, -0.25) is 4.79 Å². The van der Waals surface area contributed by atoms with Crippen molar-refractivity contribution in [1.82, 2.24) is 19.9 Å². The Labute approximate surface area is 181 Å². The van der Waals surface area contributed by atoms with Crippen LogP contribution in [0.15, 0.2) is 30.3 Å². The molecule has 2 aromatic heterocycles. The van der Waals surface area contributed by atoms with E-state index in [4.69, 9.17) is 4.98 Å². The number of nitrogens with one attached hydrogen (secondary N) is 3. The topological polar surface area (TPSA) is 101 Å². The highest BCUT2D eigenvalue weighted by atomic mass is 16.2. The van der Waals surface area contributed by atoms with Gasteiger partial charge in [-0.05, 0) is 51.8 Å². The van der Waals surface area contributed by atoms with Crippen LogP contribution in [0, 0.1) is 6.92 Å². The molecule has 0 fully saturated rings. The van der Waals surface area contributed by atoms with E-state index in [0.717, 1.165) is 43.0 Å². The Morgan fingerprint density at radius 2 is 1.77 bits per heavy atom. The number of urea groups is 1. The first-order chi connectivity index (χ1) is 14.9. The second-order valence-corrected chi connectivity index (χ2v) is 8.23. The zero-order chi connectivity index (χ0) is 22.0. The number of anilines is 2. The number of benzene rings is 1. The van der Waals surface area contributed by atoms with Gasteiger partial charge >= 0.3 is 6.03 Å². The normalized spacial score (nSPS) is 13.5. The maximum Gasteiger partial charge on any atom is 0.319 e.